The second-order valence-corrected chi connectivity index (χ2v) is 6.34. The van der Waals surface area contributed by atoms with Crippen molar-refractivity contribution in [3.63, 3.8) is 0 Å². The fraction of sp³-hybridized carbons (Fsp3) is 0.933. The average Bonchev–Trinajstić information content (AvgIpc) is 2.41. The number of hydrogen-bond donors (Lipinski definition) is 0. The Bertz CT molecular complexity index is 305. The molecule has 2 heterocycles. The predicted molar refractivity (Wildman–Crippen MR) is 70.4 cm³/mol. The Labute approximate surface area is 110 Å². The maximum Gasteiger partial charge on any atom is 0.141 e. The van der Waals surface area contributed by atoms with Crippen LogP contribution < -0.4 is 0 Å². The number of hydrogen-bond acceptors (Lipinski definition) is 3. The number of carbonyl (C=O) groups excluding carboxylic acids is 1. The summed E-state index contributed by atoms with van der Waals surface area (Å²) in [6.07, 6.45) is 7.70. The first kappa shape index (κ1) is 12.6. The Kier molecular flexibility index (Phi) is 4.00. The van der Waals surface area contributed by atoms with E-state index in [4.69, 9.17) is 4.74 Å². The molecule has 3 nitrogen and oxygen atoms in total. The molecular weight excluding hydrogens is 226 g/mol. The van der Waals surface area contributed by atoms with Gasteiger partial charge in [-0.25, -0.2) is 0 Å². The molecule has 0 aromatic rings. The number of nitrogens with zero attached hydrogens (tertiary/aromatic N) is 1. The highest BCUT2D eigenvalue weighted by Gasteiger charge is 2.33. The Morgan fingerprint density at radius 3 is 2.83 bits per heavy atom. The van der Waals surface area contributed by atoms with Crippen LogP contribution in [-0.4, -0.2) is 43.5 Å². The summed E-state index contributed by atoms with van der Waals surface area (Å²) >= 11 is 0. The van der Waals surface area contributed by atoms with E-state index >= 15 is 0 Å². The number of carbonyl (C=O) groups is 1. The highest BCUT2D eigenvalue weighted by atomic mass is 16.5. The number of Topliss-reactive ketones (excluding diaryl/α,β-unsaturated/α-hetero) is 1. The van der Waals surface area contributed by atoms with Gasteiger partial charge in [-0.15, -0.1) is 0 Å². The van der Waals surface area contributed by atoms with Crippen LogP contribution in [0.2, 0.25) is 0 Å². The lowest BCUT2D eigenvalue weighted by atomic mass is 9.75. The zero-order valence-corrected chi connectivity index (χ0v) is 11.3. The summed E-state index contributed by atoms with van der Waals surface area (Å²) in [4.78, 5) is 14.4. The van der Waals surface area contributed by atoms with Crippen molar-refractivity contribution in [2.75, 3.05) is 32.8 Å². The molecule has 2 aliphatic heterocycles. The van der Waals surface area contributed by atoms with Crippen LogP contribution in [-0.2, 0) is 9.53 Å². The van der Waals surface area contributed by atoms with Crippen LogP contribution in [0.3, 0.4) is 0 Å². The molecule has 0 aromatic heterocycles. The lowest BCUT2D eigenvalue weighted by molar-refractivity contribution is -0.131. The number of fused-ring (bicyclic) bond motifs is 1. The second kappa shape index (κ2) is 5.70. The van der Waals surface area contributed by atoms with Gasteiger partial charge in [0.15, 0.2) is 0 Å². The fourth-order valence-corrected chi connectivity index (χ4v) is 4.00. The van der Waals surface area contributed by atoms with Crippen molar-refractivity contribution in [1.29, 1.82) is 0 Å². The molecule has 0 bridgehead atoms. The minimum absolute atomic E-state index is 0.152. The molecule has 3 aliphatic rings. The van der Waals surface area contributed by atoms with Crippen molar-refractivity contribution in [2.45, 2.75) is 38.5 Å². The van der Waals surface area contributed by atoms with Gasteiger partial charge in [0.05, 0.1) is 19.1 Å². The van der Waals surface area contributed by atoms with Gasteiger partial charge in [-0.3, -0.25) is 4.79 Å². The minimum Gasteiger partial charge on any atom is -0.380 e. The maximum absolute atomic E-state index is 11.8. The molecule has 0 N–H and O–H groups in total. The molecule has 18 heavy (non-hydrogen) atoms. The van der Waals surface area contributed by atoms with Crippen LogP contribution in [0.1, 0.15) is 38.5 Å². The summed E-state index contributed by atoms with van der Waals surface area (Å²) in [6.45, 7) is 4.67. The van der Waals surface area contributed by atoms with Crippen molar-refractivity contribution in [3.8, 4) is 0 Å². The van der Waals surface area contributed by atoms with Gasteiger partial charge >= 0.3 is 0 Å². The van der Waals surface area contributed by atoms with Gasteiger partial charge in [0.25, 0.3) is 0 Å². The Balaban J connectivity index is 1.52. The van der Waals surface area contributed by atoms with Gasteiger partial charge in [0, 0.05) is 19.5 Å². The monoisotopic (exact) mass is 251 g/mol. The van der Waals surface area contributed by atoms with E-state index in [1.165, 1.54) is 45.2 Å². The normalized spacial score (nSPS) is 38.4. The van der Waals surface area contributed by atoms with Crippen LogP contribution in [0, 0.1) is 17.8 Å². The van der Waals surface area contributed by atoms with Crippen LogP contribution >= 0.6 is 0 Å². The molecule has 1 saturated carbocycles. The second-order valence-electron chi connectivity index (χ2n) is 6.34. The maximum atomic E-state index is 11.8. The SMILES string of the molecule is O=C1CCOCC1CN1CCC2CCCCC2C1. The summed E-state index contributed by atoms with van der Waals surface area (Å²) in [6, 6.07) is 0. The van der Waals surface area contributed by atoms with Gasteiger partial charge in [-0.1, -0.05) is 19.3 Å². The summed E-state index contributed by atoms with van der Waals surface area (Å²) < 4.78 is 5.45. The Hall–Kier alpha value is -0.410. The highest BCUT2D eigenvalue weighted by Crippen LogP contribution is 2.36. The first-order valence-electron chi connectivity index (χ1n) is 7.66. The molecule has 2 saturated heterocycles. The Morgan fingerprint density at radius 1 is 1.17 bits per heavy atom. The number of ketones is 1. The first-order chi connectivity index (χ1) is 8.83. The van der Waals surface area contributed by atoms with Gasteiger partial charge in [0.1, 0.15) is 5.78 Å². The average molecular weight is 251 g/mol. The lowest BCUT2D eigenvalue weighted by Crippen LogP contribution is -2.46. The van der Waals surface area contributed by atoms with E-state index in [1.807, 2.05) is 0 Å². The zero-order valence-electron chi connectivity index (χ0n) is 11.3. The number of ether oxygens (including phenoxy) is 1. The van der Waals surface area contributed by atoms with Gasteiger partial charge in [-0.05, 0) is 31.2 Å². The standard InChI is InChI=1S/C15H25NO2/c17-15-6-8-18-11-14(15)10-16-7-5-12-3-1-2-4-13(12)9-16/h12-14H,1-11H2. The molecule has 3 unspecified atom stereocenters. The van der Waals surface area contributed by atoms with Crippen LogP contribution in [0.15, 0.2) is 0 Å². The smallest absolute Gasteiger partial charge is 0.141 e. The van der Waals surface area contributed by atoms with E-state index in [-0.39, 0.29) is 5.92 Å². The molecule has 0 amide bonds. The molecule has 3 rings (SSSR count). The molecule has 0 radical (unpaired) electrons. The van der Waals surface area contributed by atoms with E-state index in [2.05, 4.69) is 4.90 Å². The van der Waals surface area contributed by atoms with Gasteiger partial charge < -0.3 is 9.64 Å². The summed E-state index contributed by atoms with van der Waals surface area (Å²) in [5, 5.41) is 0. The third-order valence-corrected chi connectivity index (χ3v) is 5.12. The van der Waals surface area contributed by atoms with E-state index in [1.54, 1.807) is 0 Å². The third-order valence-electron chi connectivity index (χ3n) is 5.12. The van der Waals surface area contributed by atoms with Crippen molar-refractivity contribution >= 4 is 5.78 Å². The quantitative estimate of drug-likeness (QED) is 0.753. The zero-order chi connectivity index (χ0) is 12.4. The van der Waals surface area contributed by atoms with E-state index in [9.17, 15) is 4.79 Å². The van der Waals surface area contributed by atoms with E-state index in [0.717, 1.165) is 18.4 Å². The molecule has 3 atom stereocenters. The third kappa shape index (κ3) is 2.77. The number of piperidine rings is 1. The minimum atomic E-state index is 0.152. The van der Waals surface area contributed by atoms with E-state index < -0.39 is 0 Å². The highest BCUT2D eigenvalue weighted by molar-refractivity contribution is 5.82. The topological polar surface area (TPSA) is 29.5 Å². The van der Waals surface area contributed by atoms with Crippen molar-refractivity contribution < 1.29 is 9.53 Å². The predicted octanol–water partition coefficient (Wildman–Crippen LogP) is 2.10. The largest absolute Gasteiger partial charge is 0.380 e. The molecule has 0 spiro atoms. The van der Waals surface area contributed by atoms with Crippen LogP contribution in [0.25, 0.3) is 0 Å². The van der Waals surface area contributed by atoms with Gasteiger partial charge in [0.2, 0.25) is 0 Å². The van der Waals surface area contributed by atoms with Crippen LogP contribution in [0.5, 0.6) is 0 Å². The molecule has 1 aliphatic carbocycles. The first-order valence-corrected chi connectivity index (χ1v) is 7.66. The summed E-state index contributed by atoms with van der Waals surface area (Å²) in [5.41, 5.74) is 0. The van der Waals surface area contributed by atoms with Crippen molar-refractivity contribution in [3.05, 3.63) is 0 Å². The van der Waals surface area contributed by atoms with Crippen molar-refractivity contribution in [1.82, 2.24) is 4.90 Å². The molecule has 0 aromatic carbocycles. The molecule has 102 valence electrons. The van der Waals surface area contributed by atoms with Crippen molar-refractivity contribution in [2.24, 2.45) is 17.8 Å². The molecule has 3 fully saturated rings. The Morgan fingerprint density at radius 2 is 2.00 bits per heavy atom. The van der Waals surface area contributed by atoms with E-state index in [0.29, 0.717) is 25.4 Å². The molecular formula is C15H25NO2. The van der Waals surface area contributed by atoms with Gasteiger partial charge in [-0.2, -0.15) is 0 Å². The summed E-state index contributed by atoms with van der Waals surface area (Å²) in [5.74, 6) is 2.46. The molecule has 3 heteroatoms. The number of likely N-dealkylation sites (tertiary alicyclic amines) is 1. The van der Waals surface area contributed by atoms with Crippen LogP contribution in [0.4, 0.5) is 0 Å². The fourth-order valence-electron chi connectivity index (χ4n) is 4.00. The number of rotatable bonds is 2. The lowest BCUT2D eigenvalue weighted by Gasteiger charge is -2.42. The summed E-state index contributed by atoms with van der Waals surface area (Å²) in [7, 11) is 0.